The summed E-state index contributed by atoms with van der Waals surface area (Å²) in [6.07, 6.45) is 1.08. The van der Waals surface area contributed by atoms with Crippen LogP contribution < -0.4 is 0 Å². The van der Waals surface area contributed by atoms with Crippen LogP contribution in [-0.2, 0) is 37.0 Å². The van der Waals surface area contributed by atoms with E-state index in [0.29, 0.717) is 19.8 Å². The van der Waals surface area contributed by atoms with Gasteiger partial charge >= 0.3 is 14.8 Å². The molecule has 0 aromatic rings. The Morgan fingerprint density at radius 1 is 0.913 bits per heavy atom. The fourth-order valence-corrected chi connectivity index (χ4v) is 3.89. The normalized spacial score (nSPS) is 12.9. The number of methoxy groups -OCH3 is 3. The minimum Gasteiger partial charge on any atom is -0.455 e. The smallest absolute Gasteiger partial charge is 0.455 e. The quantitative estimate of drug-likeness (QED) is 0.183. The van der Waals surface area contributed by atoms with E-state index in [4.69, 9.17) is 32.2 Å². The molecule has 0 aromatic heterocycles. The maximum atomic E-state index is 11.5. The highest BCUT2D eigenvalue weighted by molar-refractivity contribution is 6.62. The van der Waals surface area contributed by atoms with Crippen LogP contribution in [0.25, 0.3) is 0 Å². The van der Waals surface area contributed by atoms with E-state index >= 15 is 0 Å². The molecule has 9 heteroatoms. The van der Waals surface area contributed by atoms with Crippen LogP contribution in [0.1, 0.15) is 6.92 Å². The Morgan fingerprint density at radius 2 is 1.30 bits per heavy atom. The Kier molecular flexibility index (Phi) is 13.1. The summed E-state index contributed by atoms with van der Waals surface area (Å²) in [4.78, 5) is 11.5. The van der Waals surface area contributed by atoms with Crippen molar-refractivity contribution >= 4 is 14.8 Å². The Hall–Kier alpha value is -0.813. The fraction of sp³-hybridized carbons (Fsp3) is 0.786. The molecule has 0 rings (SSSR count). The SMILES string of the molecule is C=CC(=O)OC(C)[Si](OCCOC)(OCCOC)OCCOC. The molecule has 0 aliphatic carbocycles. The van der Waals surface area contributed by atoms with E-state index in [2.05, 4.69) is 6.58 Å². The van der Waals surface area contributed by atoms with Crippen molar-refractivity contribution in [1.29, 1.82) is 0 Å². The number of carbonyl (C=O) groups is 1. The van der Waals surface area contributed by atoms with Gasteiger partial charge in [0.15, 0.2) is 5.73 Å². The summed E-state index contributed by atoms with van der Waals surface area (Å²) in [6, 6.07) is 0. The zero-order valence-electron chi connectivity index (χ0n) is 14.4. The van der Waals surface area contributed by atoms with Gasteiger partial charge in [-0.1, -0.05) is 6.58 Å². The van der Waals surface area contributed by atoms with Crippen molar-refractivity contribution < 1.29 is 37.0 Å². The zero-order valence-corrected chi connectivity index (χ0v) is 15.4. The molecule has 0 aliphatic rings. The first kappa shape index (κ1) is 22.2. The summed E-state index contributed by atoms with van der Waals surface area (Å²) in [6.45, 7) is 6.87. The zero-order chi connectivity index (χ0) is 17.6. The van der Waals surface area contributed by atoms with Gasteiger partial charge < -0.3 is 32.2 Å². The number of carbonyl (C=O) groups excluding carboxylic acids is 1. The Bertz CT molecular complexity index is 299. The van der Waals surface area contributed by atoms with Crippen LogP contribution in [0.4, 0.5) is 0 Å². The highest BCUT2D eigenvalue weighted by atomic mass is 28.4. The van der Waals surface area contributed by atoms with Gasteiger partial charge in [-0.25, -0.2) is 4.79 Å². The van der Waals surface area contributed by atoms with E-state index in [0.717, 1.165) is 6.08 Å². The predicted octanol–water partition coefficient (Wildman–Crippen LogP) is 0.571. The topological polar surface area (TPSA) is 81.7 Å². The lowest BCUT2D eigenvalue weighted by Crippen LogP contribution is -2.58. The average molecular weight is 352 g/mol. The molecule has 0 heterocycles. The third-order valence-corrected chi connectivity index (χ3v) is 5.66. The molecular formula is C14H28O8Si. The molecule has 0 spiro atoms. The van der Waals surface area contributed by atoms with Crippen LogP contribution in [0.5, 0.6) is 0 Å². The molecule has 8 nitrogen and oxygen atoms in total. The monoisotopic (exact) mass is 352 g/mol. The minimum atomic E-state index is -3.32. The molecule has 0 N–H and O–H groups in total. The molecule has 1 unspecified atom stereocenters. The first-order chi connectivity index (χ1) is 11.1. The third kappa shape index (κ3) is 9.16. The summed E-state index contributed by atoms with van der Waals surface area (Å²) in [5, 5.41) is 0. The van der Waals surface area contributed by atoms with Gasteiger partial charge in [0.1, 0.15) is 0 Å². The van der Waals surface area contributed by atoms with Gasteiger partial charge in [-0.15, -0.1) is 0 Å². The van der Waals surface area contributed by atoms with Gasteiger partial charge in [0.25, 0.3) is 0 Å². The lowest BCUT2D eigenvalue weighted by molar-refractivity contribution is -0.142. The largest absolute Gasteiger partial charge is 0.544 e. The van der Waals surface area contributed by atoms with Gasteiger partial charge in [-0.3, -0.25) is 0 Å². The van der Waals surface area contributed by atoms with E-state index in [1.54, 1.807) is 28.3 Å². The molecule has 23 heavy (non-hydrogen) atoms. The molecule has 0 fully saturated rings. The second kappa shape index (κ2) is 13.6. The van der Waals surface area contributed by atoms with Gasteiger partial charge in [0, 0.05) is 27.4 Å². The number of hydrogen-bond donors (Lipinski definition) is 0. The number of esters is 1. The van der Waals surface area contributed by atoms with Gasteiger partial charge in [0.2, 0.25) is 0 Å². The minimum absolute atomic E-state index is 0.249. The Labute approximate surface area is 139 Å². The fourth-order valence-electron chi connectivity index (χ4n) is 1.57. The van der Waals surface area contributed by atoms with Crippen molar-refractivity contribution in [1.82, 2.24) is 0 Å². The molecule has 0 amide bonds. The number of rotatable bonds is 15. The van der Waals surface area contributed by atoms with Gasteiger partial charge in [-0.2, -0.15) is 0 Å². The van der Waals surface area contributed by atoms with Crippen LogP contribution in [0, 0.1) is 0 Å². The van der Waals surface area contributed by atoms with E-state index < -0.39 is 20.5 Å². The van der Waals surface area contributed by atoms with E-state index in [9.17, 15) is 4.79 Å². The molecule has 0 saturated heterocycles. The second-order valence-electron chi connectivity index (χ2n) is 4.41. The summed E-state index contributed by atoms with van der Waals surface area (Å²) < 4.78 is 37.7. The molecule has 136 valence electrons. The lowest BCUT2D eigenvalue weighted by Gasteiger charge is -2.33. The summed E-state index contributed by atoms with van der Waals surface area (Å²) >= 11 is 0. The van der Waals surface area contributed by atoms with Crippen LogP contribution in [0.3, 0.4) is 0 Å². The van der Waals surface area contributed by atoms with Crippen molar-refractivity contribution in [3.63, 3.8) is 0 Å². The first-order valence-electron chi connectivity index (χ1n) is 7.28. The molecule has 1 atom stereocenters. The summed E-state index contributed by atoms with van der Waals surface area (Å²) in [7, 11) is 1.36. The third-order valence-electron chi connectivity index (χ3n) is 2.73. The lowest BCUT2D eigenvalue weighted by atomic mass is 10.6. The molecule has 0 aliphatic heterocycles. The van der Waals surface area contributed by atoms with Crippen LogP contribution >= 0.6 is 0 Å². The van der Waals surface area contributed by atoms with Crippen LogP contribution in [0.2, 0.25) is 0 Å². The van der Waals surface area contributed by atoms with Crippen molar-refractivity contribution in [2.24, 2.45) is 0 Å². The van der Waals surface area contributed by atoms with Gasteiger partial charge in [-0.05, 0) is 6.92 Å². The molecular weight excluding hydrogens is 324 g/mol. The number of ether oxygens (including phenoxy) is 4. The Morgan fingerprint density at radius 3 is 1.61 bits per heavy atom. The van der Waals surface area contributed by atoms with E-state index in [-0.39, 0.29) is 19.8 Å². The summed E-state index contributed by atoms with van der Waals surface area (Å²) in [5.41, 5.74) is -0.710. The van der Waals surface area contributed by atoms with Gasteiger partial charge in [0.05, 0.1) is 39.6 Å². The standard InChI is InChI=1S/C14H28O8Si/c1-6-14(15)22-13(2)23(19-10-7-16-3,20-11-8-17-4)21-12-9-18-5/h6,13H,1,7-12H2,2-5H3. The molecule has 0 aromatic carbocycles. The molecule has 0 bridgehead atoms. The highest BCUT2D eigenvalue weighted by Gasteiger charge is 2.50. The maximum Gasteiger partial charge on any atom is 0.544 e. The molecule has 0 radical (unpaired) electrons. The molecule has 0 saturated carbocycles. The van der Waals surface area contributed by atoms with Crippen molar-refractivity contribution in [3.8, 4) is 0 Å². The predicted molar refractivity (Wildman–Crippen MR) is 85.0 cm³/mol. The van der Waals surface area contributed by atoms with Crippen molar-refractivity contribution in [2.45, 2.75) is 12.7 Å². The van der Waals surface area contributed by atoms with E-state index in [1.165, 1.54) is 0 Å². The van der Waals surface area contributed by atoms with Crippen LogP contribution in [0.15, 0.2) is 12.7 Å². The first-order valence-corrected chi connectivity index (χ1v) is 9.08. The number of hydrogen-bond acceptors (Lipinski definition) is 8. The highest BCUT2D eigenvalue weighted by Crippen LogP contribution is 2.18. The summed E-state index contributed by atoms with van der Waals surface area (Å²) in [5.74, 6) is -0.574. The van der Waals surface area contributed by atoms with Crippen LogP contribution in [-0.4, -0.2) is 81.5 Å². The van der Waals surface area contributed by atoms with E-state index in [1.807, 2.05) is 0 Å². The maximum absolute atomic E-state index is 11.5. The van der Waals surface area contributed by atoms with Crippen molar-refractivity contribution in [2.75, 3.05) is 61.0 Å². The Balaban J connectivity index is 5.05. The van der Waals surface area contributed by atoms with Crippen molar-refractivity contribution in [3.05, 3.63) is 12.7 Å². The second-order valence-corrected chi connectivity index (χ2v) is 7.30. The average Bonchev–Trinajstić information content (AvgIpc) is 2.54.